The van der Waals surface area contributed by atoms with Gasteiger partial charge >= 0.3 is 5.97 Å². The van der Waals surface area contributed by atoms with Crippen molar-refractivity contribution in [2.75, 3.05) is 14.2 Å². The largest absolute Gasteiger partial charge is 0.495 e. The summed E-state index contributed by atoms with van der Waals surface area (Å²) < 4.78 is 9.79. The molecule has 4 heteroatoms. The number of nitrogens with zero attached hydrogens (tertiary/aromatic N) is 1. The molecule has 0 N–H and O–H groups in total. The minimum Gasteiger partial charge on any atom is -0.495 e. The molecule has 98 valence electrons. The maximum atomic E-state index is 11.5. The second kappa shape index (κ2) is 5.52. The predicted octanol–water partition coefficient (Wildman–Crippen LogP) is 2.85. The molecule has 2 rings (SSSR count). The van der Waals surface area contributed by atoms with Gasteiger partial charge in [0.15, 0.2) is 0 Å². The number of ether oxygens (including phenoxy) is 2. The fourth-order valence-corrected chi connectivity index (χ4v) is 1.83. The number of methoxy groups -OCH3 is 2. The summed E-state index contributed by atoms with van der Waals surface area (Å²) in [6.45, 7) is 1.87. The summed E-state index contributed by atoms with van der Waals surface area (Å²) in [7, 11) is 2.98. The fourth-order valence-electron chi connectivity index (χ4n) is 1.83. The average Bonchev–Trinajstić information content (AvgIpc) is 2.46. The van der Waals surface area contributed by atoms with Crippen LogP contribution in [0, 0.1) is 6.92 Å². The van der Waals surface area contributed by atoms with Gasteiger partial charge in [-0.3, -0.25) is 4.98 Å². The van der Waals surface area contributed by atoms with Crippen LogP contribution in [0.2, 0.25) is 0 Å². The Bertz CT molecular complexity index is 591. The van der Waals surface area contributed by atoms with Gasteiger partial charge < -0.3 is 9.47 Å². The van der Waals surface area contributed by atoms with Crippen LogP contribution in [0.5, 0.6) is 5.75 Å². The van der Waals surface area contributed by atoms with Crippen LogP contribution in [0.4, 0.5) is 0 Å². The molecule has 0 unspecified atom stereocenters. The Morgan fingerprint density at radius 1 is 1.16 bits per heavy atom. The highest BCUT2D eigenvalue weighted by Crippen LogP contribution is 2.22. The maximum absolute atomic E-state index is 11.5. The number of hydrogen-bond acceptors (Lipinski definition) is 4. The molecule has 0 saturated heterocycles. The van der Waals surface area contributed by atoms with Crippen LogP contribution in [-0.4, -0.2) is 25.2 Å². The molecule has 0 fully saturated rings. The van der Waals surface area contributed by atoms with Crippen molar-refractivity contribution in [1.82, 2.24) is 4.98 Å². The molecule has 0 atom stereocenters. The molecule has 4 nitrogen and oxygen atoms in total. The lowest BCUT2D eigenvalue weighted by molar-refractivity contribution is 0.0600. The molecule has 1 aromatic heterocycles. The summed E-state index contributed by atoms with van der Waals surface area (Å²) in [5.74, 6) is 0.387. The Morgan fingerprint density at radius 2 is 1.95 bits per heavy atom. The van der Waals surface area contributed by atoms with Crippen molar-refractivity contribution in [3.05, 3.63) is 47.7 Å². The highest BCUT2D eigenvalue weighted by Gasteiger charge is 2.10. The predicted molar refractivity (Wildman–Crippen MR) is 72.3 cm³/mol. The number of carbonyl (C=O) groups excluding carboxylic acids is 1. The van der Waals surface area contributed by atoms with Gasteiger partial charge in [-0.2, -0.15) is 0 Å². The summed E-state index contributed by atoms with van der Waals surface area (Å²) in [6, 6.07) is 9.26. The van der Waals surface area contributed by atoms with Crippen molar-refractivity contribution in [3.63, 3.8) is 0 Å². The SMILES string of the molecule is COC(=O)c1ccc(-c2ccc(OC)cn2)cc1C. The second-order valence-corrected chi connectivity index (χ2v) is 4.10. The third-order valence-corrected chi connectivity index (χ3v) is 2.90. The van der Waals surface area contributed by atoms with Crippen LogP contribution < -0.4 is 4.74 Å². The van der Waals surface area contributed by atoms with Crippen LogP contribution in [0.25, 0.3) is 11.3 Å². The lowest BCUT2D eigenvalue weighted by Gasteiger charge is -2.07. The van der Waals surface area contributed by atoms with E-state index in [1.165, 1.54) is 7.11 Å². The normalized spacial score (nSPS) is 10.1. The molecular weight excluding hydrogens is 242 g/mol. The topological polar surface area (TPSA) is 48.4 Å². The lowest BCUT2D eigenvalue weighted by atomic mass is 10.0. The van der Waals surface area contributed by atoms with Gasteiger partial charge in [0.05, 0.1) is 31.7 Å². The van der Waals surface area contributed by atoms with E-state index in [2.05, 4.69) is 4.98 Å². The fraction of sp³-hybridized carbons (Fsp3) is 0.200. The van der Waals surface area contributed by atoms with E-state index in [-0.39, 0.29) is 5.97 Å². The first kappa shape index (κ1) is 13.1. The Hall–Kier alpha value is -2.36. The monoisotopic (exact) mass is 257 g/mol. The van der Waals surface area contributed by atoms with Crippen molar-refractivity contribution in [1.29, 1.82) is 0 Å². The molecule has 0 saturated carbocycles. The van der Waals surface area contributed by atoms with E-state index in [9.17, 15) is 4.79 Å². The molecular formula is C15H15NO3. The second-order valence-electron chi connectivity index (χ2n) is 4.10. The summed E-state index contributed by atoms with van der Waals surface area (Å²) in [5, 5.41) is 0. The van der Waals surface area contributed by atoms with Gasteiger partial charge in [0.1, 0.15) is 5.75 Å². The third-order valence-electron chi connectivity index (χ3n) is 2.90. The van der Waals surface area contributed by atoms with Crippen molar-refractivity contribution >= 4 is 5.97 Å². The standard InChI is InChI=1S/C15H15NO3/c1-10-8-11(4-6-13(10)15(17)19-3)14-7-5-12(18-2)9-16-14/h4-9H,1-3H3. The highest BCUT2D eigenvalue weighted by molar-refractivity contribution is 5.91. The Kier molecular flexibility index (Phi) is 3.80. The van der Waals surface area contributed by atoms with Crippen molar-refractivity contribution in [2.45, 2.75) is 6.92 Å². The first-order valence-electron chi connectivity index (χ1n) is 5.85. The van der Waals surface area contributed by atoms with Gasteiger partial charge in [-0.25, -0.2) is 4.79 Å². The number of pyridine rings is 1. The molecule has 0 aliphatic rings. The smallest absolute Gasteiger partial charge is 0.338 e. The zero-order valence-corrected chi connectivity index (χ0v) is 11.1. The number of aryl methyl sites for hydroxylation is 1. The number of benzene rings is 1. The molecule has 1 heterocycles. The number of carbonyl (C=O) groups is 1. The number of esters is 1. The van der Waals surface area contributed by atoms with Gasteiger partial charge in [0.25, 0.3) is 0 Å². The van der Waals surface area contributed by atoms with Crippen molar-refractivity contribution in [3.8, 4) is 17.0 Å². The van der Waals surface area contributed by atoms with E-state index in [1.54, 1.807) is 19.4 Å². The Labute approximate surface area is 112 Å². The molecule has 19 heavy (non-hydrogen) atoms. The molecule has 0 amide bonds. The quantitative estimate of drug-likeness (QED) is 0.793. The van der Waals surface area contributed by atoms with Crippen LogP contribution in [-0.2, 0) is 4.74 Å². The zero-order valence-electron chi connectivity index (χ0n) is 11.1. The van der Waals surface area contributed by atoms with Gasteiger partial charge in [0, 0.05) is 5.56 Å². The minimum absolute atomic E-state index is 0.327. The van der Waals surface area contributed by atoms with Crippen molar-refractivity contribution < 1.29 is 14.3 Å². The van der Waals surface area contributed by atoms with Crippen LogP contribution in [0.3, 0.4) is 0 Å². The molecule has 0 aliphatic carbocycles. The summed E-state index contributed by atoms with van der Waals surface area (Å²) in [4.78, 5) is 15.8. The number of rotatable bonds is 3. The molecule has 1 aromatic carbocycles. The van der Waals surface area contributed by atoms with Crippen LogP contribution in [0.1, 0.15) is 15.9 Å². The van der Waals surface area contributed by atoms with Crippen molar-refractivity contribution in [2.24, 2.45) is 0 Å². The zero-order chi connectivity index (χ0) is 13.8. The van der Waals surface area contributed by atoms with Gasteiger partial charge in [0.2, 0.25) is 0 Å². The molecule has 0 aliphatic heterocycles. The first-order valence-corrected chi connectivity index (χ1v) is 5.85. The highest BCUT2D eigenvalue weighted by atomic mass is 16.5. The van der Waals surface area contributed by atoms with E-state index in [0.29, 0.717) is 11.3 Å². The number of hydrogen-bond donors (Lipinski definition) is 0. The van der Waals surface area contributed by atoms with Gasteiger partial charge in [-0.15, -0.1) is 0 Å². The summed E-state index contributed by atoms with van der Waals surface area (Å²) in [5.41, 5.74) is 3.22. The van der Waals surface area contributed by atoms with Gasteiger partial charge in [-0.1, -0.05) is 6.07 Å². The molecule has 0 radical (unpaired) electrons. The van der Waals surface area contributed by atoms with Crippen LogP contribution in [0.15, 0.2) is 36.5 Å². The Balaban J connectivity index is 2.35. The molecule has 0 spiro atoms. The lowest BCUT2D eigenvalue weighted by Crippen LogP contribution is -2.03. The molecule has 0 bridgehead atoms. The van der Waals surface area contributed by atoms with E-state index < -0.39 is 0 Å². The third kappa shape index (κ3) is 2.73. The summed E-state index contributed by atoms with van der Waals surface area (Å²) >= 11 is 0. The minimum atomic E-state index is -0.327. The van der Waals surface area contributed by atoms with Crippen LogP contribution >= 0.6 is 0 Å². The van der Waals surface area contributed by atoms with E-state index in [1.807, 2.05) is 31.2 Å². The maximum Gasteiger partial charge on any atom is 0.338 e. The van der Waals surface area contributed by atoms with E-state index in [4.69, 9.17) is 9.47 Å². The van der Waals surface area contributed by atoms with E-state index in [0.717, 1.165) is 16.8 Å². The Morgan fingerprint density at radius 3 is 2.47 bits per heavy atom. The molecule has 2 aromatic rings. The average molecular weight is 257 g/mol. The summed E-state index contributed by atoms with van der Waals surface area (Å²) in [6.07, 6.45) is 1.67. The first-order chi connectivity index (χ1) is 9.15. The van der Waals surface area contributed by atoms with Gasteiger partial charge in [-0.05, 0) is 36.8 Å². The van der Waals surface area contributed by atoms with E-state index >= 15 is 0 Å². The number of aromatic nitrogens is 1.